The lowest BCUT2D eigenvalue weighted by Gasteiger charge is -2.11. The summed E-state index contributed by atoms with van der Waals surface area (Å²) in [6.45, 7) is 1.66. The number of nitro benzene ring substituents is 1. The normalized spacial score (nSPS) is 9.87. The molecule has 0 aliphatic rings. The topological polar surface area (TPSA) is 64.4 Å². The molecule has 0 aliphatic carbocycles. The molecule has 0 aliphatic heterocycles. The highest BCUT2D eigenvalue weighted by Gasteiger charge is 2.22. The lowest BCUT2D eigenvalue weighted by molar-refractivity contribution is -0.384. The number of nitrogens with one attached hydrogen (secondary N) is 1. The summed E-state index contributed by atoms with van der Waals surface area (Å²) in [5.74, 6) is 0.487. The van der Waals surface area contributed by atoms with Gasteiger partial charge in [-0.05, 0) is 28.9 Å². The fourth-order valence-corrected chi connectivity index (χ4v) is 2.11. The van der Waals surface area contributed by atoms with E-state index in [1.807, 2.05) is 0 Å². The van der Waals surface area contributed by atoms with E-state index in [1.54, 1.807) is 20.0 Å². The van der Waals surface area contributed by atoms with Crippen LogP contribution in [0.2, 0.25) is 0 Å². The van der Waals surface area contributed by atoms with Crippen molar-refractivity contribution < 1.29 is 9.66 Å². The van der Waals surface area contributed by atoms with Crippen molar-refractivity contribution in [2.24, 2.45) is 0 Å². The smallest absolute Gasteiger partial charge is 0.298 e. The number of nitrogens with zero attached hydrogens (tertiary/aromatic N) is 1. The fourth-order valence-electron chi connectivity index (χ4n) is 1.43. The van der Waals surface area contributed by atoms with E-state index in [0.717, 1.165) is 0 Å². The molecule has 0 unspecified atom stereocenters. The Balaban J connectivity index is 3.53. The van der Waals surface area contributed by atoms with Gasteiger partial charge in [0, 0.05) is 7.05 Å². The van der Waals surface area contributed by atoms with Crippen molar-refractivity contribution in [1.29, 1.82) is 0 Å². The molecule has 15 heavy (non-hydrogen) atoms. The molecule has 0 radical (unpaired) electrons. The summed E-state index contributed by atoms with van der Waals surface area (Å²) in [7, 11) is 3.12. The van der Waals surface area contributed by atoms with Crippen LogP contribution in [-0.2, 0) is 0 Å². The highest BCUT2D eigenvalue weighted by Crippen LogP contribution is 2.40. The van der Waals surface area contributed by atoms with E-state index >= 15 is 0 Å². The van der Waals surface area contributed by atoms with Crippen LogP contribution in [0, 0.1) is 17.0 Å². The quantitative estimate of drug-likeness (QED) is 0.680. The van der Waals surface area contributed by atoms with Crippen molar-refractivity contribution in [2.45, 2.75) is 6.92 Å². The van der Waals surface area contributed by atoms with E-state index in [1.165, 1.54) is 7.11 Å². The van der Waals surface area contributed by atoms with Crippen LogP contribution in [0.15, 0.2) is 10.5 Å². The molecule has 1 N–H and O–H groups in total. The minimum Gasteiger partial charge on any atom is -0.495 e. The zero-order valence-electron chi connectivity index (χ0n) is 8.63. The van der Waals surface area contributed by atoms with Gasteiger partial charge in [-0.15, -0.1) is 0 Å². The van der Waals surface area contributed by atoms with Gasteiger partial charge in [-0.3, -0.25) is 10.1 Å². The van der Waals surface area contributed by atoms with Gasteiger partial charge in [0.05, 0.1) is 22.1 Å². The predicted molar refractivity (Wildman–Crippen MR) is 61.6 cm³/mol. The lowest BCUT2D eigenvalue weighted by Crippen LogP contribution is -2.01. The molecule has 1 aromatic carbocycles. The van der Waals surface area contributed by atoms with Crippen LogP contribution >= 0.6 is 15.9 Å². The molecule has 82 valence electrons. The van der Waals surface area contributed by atoms with Crippen LogP contribution in [0.5, 0.6) is 5.75 Å². The van der Waals surface area contributed by atoms with Crippen LogP contribution < -0.4 is 10.1 Å². The molecule has 5 nitrogen and oxygen atoms in total. The van der Waals surface area contributed by atoms with Gasteiger partial charge in [-0.1, -0.05) is 0 Å². The summed E-state index contributed by atoms with van der Waals surface area (Å²) >= 11 is 3.29. The second-order valence-corrected chi connectivity index (χ2v) is 3.77. The molecule has 1 aromatic rings. The standard InChI is InChI=1S/C9H11BrN2O3/c1-5-8(12(13)14)7(11-2)4-6(10)9(5)15-3/h4,11H,1-3H3. The van der Waals surface area contributed by atoms with Gasteiger partial charge in [0.1, 0.15) is 11.4 Å². The average molecular weight is 275 g/mol. The van der Waals surface area contributed by atoms with Gasteiger partial charge in [0.15, 0.2) is 0 Å². The molecule has 0 atom stereocenters. The van der Waals surface area contributed by atoms with Crippen LogP contribution in [0.4, 0.5) is 11.4 Å². The van der Waals surface area contributed by atoms with Crippen LogP contribution in [-0.4, -0.2) is 19.1 Å². The number of ether oxygens (including phenoxy) is 1. The molecule has 0 heterocycles. The van der Waals surface area contributed by atoms with Gasteiger partial charge in [-0.2, -0.15) is 0 Å². The molecule has 0 aromatic heterocycles. The third-order valence-corrected chi connectivity index (χ3v) is 2.68. The first-order valence-electron chi connectivity index (χ1n) is 4.22. The molecule has 0 fully saturated rings. The number of anilines is 1. The molecule has 6 heteroatoms. The van der Waals surface area contributed by atoms with Crippen molar-refractivity contribution in [2.75, 3.05) is 19.5 Å². The Morgan fingerprint density at radius 2 is 2.20 bits per heavy atom. The molecule has 0 saturated heterocycles. The highest BCUT2D eigenvalue weighted by molar-refractivity contribution is 9.10. The van der Waals surface area contributed by atoms with Crippen LogP contribution in [0.1, 0.15) is 5.56 Å². The number of nitro groups is 1. The first-order valence-corrected chi connectivity index (χ1v) is 5.01. The van der Waals surface area contributed by atoms with Gasteiger partial charge in [-0.25, -0.2) is 0 Å². The van der Waals surface area contributed by atoms with E-state index < -0.39 is 4.92 Å². The second kappa shape index (κ2) is 4.48. The lowest BCUT2D eigenvalue weighted by atomic mass is 10.1. The fraction of sp³-hybridized carbons (Fsp3) is 0.333. The monoisotopic (exact) mass is 274 g/mol. The summed E-state index contributed by atoms with van der Waals surface area (Å²) in [4.78, 5) is 10.5. The molecule has 0 bridgehead atoms. The van der Waals surface area contributed by atoms with E-state index in [4.69, 9.17) is 4.74 Å². The first-order chi connectivity index (χ1) is 7.02. The number of rotatable bonds is 3. The van der Waals surface area contributed by atoms with E-state index in [0.29, 0.717) is 21.5 Å². The Hall–Kier alpha value is -1.30. The average Bonchev–Trinajstić information content (AvgIpc) is 2.16. The van der Waals surface area contributed by atoms with Gasteiger partial charge < -0.3 is 10.1 Å². The molecule has 0 amide bonds. The number of methoxy groups -OCH3 is 1. The third kappa shape index (κ3) is 2.04. The summed E-state index contributed by atoms with van der Waals surface area (Å²) in [5, 5.41) is 13.7. The maximum absolute atomic E-state index is 10.9. The van der Waals surface area contributed by atoms with Crippen molar-refractivity contribution in [1.82, 2.24) is 0 Å². The zero-order chi connectivity index (χ0) is 11.6. The van der Waals surface area contributed by atoms with E-state index in [2.05, 4.69) is 21.2 Å². The van der Waals surface area contributed by atoms with Crippen molar-refractivity contribution in [3.63, 3.8) is 0 Å². The van der Waals surface area contributed by atoms with Crippen LogP contribution in [0.25, 0.3) is 0 Å². The minimum absolute atomic E-state index is 0.0394. The predicted octanol–water partition coefficient (Wildman–Crippen LogP) is 2.72. The van der Waals surface area contributed by atoms with Crippen molar-refractivity contribution in [3.8, 4) is 5.75 Å². The molecule has 0 spiro atoms. The maximum atomic E-state index is 10.9. The van der Waals surface area contributed by atoms with Gasteiger partial charge in [0.25, 0.3) is 5.69 Å². The molecule has 1 rings (SSSR count). The Labute approximate surface area is 95.7 Å². The largest absolute Gasteiger partial charge is 0.495 e. The van der Waals surface area contributed by atoms with Crippen molar-refractivity contribution >= 4 is 27.3 Å². The van der Waals surface area contributed by atoms with Crippen molar-refractivity contribution in [3.05, 3.63) is 26.2 Å². The highest BCUT2D eigenvalue weighted by atomic mass is 79.9. The number of halogens is 1. The van der Waals surface area contributed by atoms with Gasteiger partial charge >= 0.3 is 0 Å². The summed E-state index contributed by atoms with van der Waals surface area (Å²) < 4.78 is 5.78. The first kappa shape index (κ1) is 11.8. The third-order valence-electron chi connectivity index (χ3n) is 2.09. The minimum atomic E-state index is -0.421. The second-order valence-electron chi connectivity index (χ2n) is 2.92. The van der Waals surface area contributed by atoms with Gasteiger partial charge in [0.2, 0.25) is 0 Å². The number of hydrogen-bond acceptors (Lipinski definition) is 4. The molecular formula is C9H11BrN2O3. The Morgan fingerprint density at radius 3 is 2.60 bits per heavy atom. The van der Waals surface area contributed by atoms with E-state index in [9.17, 15) is 10.1 Å². The molecular weight excluding hydrogens is 264 g/mol. The summed E-state index contributed by atoms with van der Waals surface area (Å²) in [6, 6.07) is 1.63. The summed E-state index contributed by atoms with van der Waals surface area (Å²) in [6.07, 6.45) is 0. The summed E-state index contributed by atoms with van der Waals surface area (Å²) in [5.41, 5.74) is 1.00. The Morgan fingerprint density at radius 1 is 1.60 bits per heavy atom. The number of hydrogen-bond donors (Lipinski definition) is 1. The SMILES string of the molecule is CNc1cc(Br)c(OC)c(C)c1[N+](=O)[O-]. The van der Waals surface area contributed by atoms with E-state index in [-0.39, 0.29) is 5.69 Å². The van der Waals surface area contributed by atoms with Crippen LogP contribution in [0.3, 0.4) is 0 Å². The Bertz CT molecular complexity index is 407. The maximum Gasteiger partial charge on any atom is 0.298 e. The Kier molecular flexibility index (Phi) is 3.52. The number of benzene rings is 1. The zero-order valence-corrected chi connectivity index (χ0v) is 10.2. The molecule has 0 saturated carbocycles.